The molecule has 1 saturated carbocycles. The highest BCUT2D eigenvalue weighted by Gasteiger charge is 2.25. The van der Waals surface area contributed by atoms with Crippen molar-refractivity contribution in [1.82, 2.24) is 15.0 Å². The van der Waals surface area contributed by atoms with Crippen molar-refractivity contribution in [1.29, 1.82) is 0 Å². The van der Waals surface area contributed by atoms with Crippen molar-refractivity contribution in [3.63, 3.8) is 0 Å². The topological polar surface area (TPSA) is 57.0 Å². The second-order valence-corrected chi connectivity index (χ2v) is 4.24. The number of methoxy groups -OCH3 is 1. The second kappa shape index (κ2) is 4.74. The molecule has 1 aliphatic rings. The Morgan fingerprint density at radius 1 is 1.50 bits per heavy atom. The van der Waals surface area contributed by atoms with Gasteiger partial charge in [0.05, 0.1) is 17.8 Å². The number of aldehydes is 1. The molecule has 1 heterocycles. The normalized spacial score (nSPS) is 18.9. The molecule has 2 rings (SSSR count). The Morgan fingerprint density at radius 3 is 2.75 bits per heavy atom. The van der Waals surface area contributed by atoms with Crippen molar-refractivity contribution in [3.8, 4) is 0 Å². The lowest BCUT2D eigenvalue weighted by Gasteiger charge is -2.16. The minimum Gasteiger partial charge on any atom is -0.375 e. The fraction of sp³-hybridized carbons (Fsp3) is 0.727. The first-order valence-electron chi connectivity index (χ1n) is 5.71. The van der Waals surface area contributed by atoms with Gasteiger partial charge in [0.2, 0.25) is 0 Å². The third-order valence-corrected chi connectivity index (χ3v) is 3.28. The van der Waals surface area contributed by atoms with E-state index in [-0.39, 0.29) is 6.10 Å². The molecule has 1 fully saturated rings. The predicted octanol–water partition coefficient (Wildman–Crippen LogP) is 1.91. The summed E-state index contributed by atoms with van der Waals surface area (Å²) in [5.74, 6) is 0. The summed E-state index contributed by atoms with van der Waals surface area (Å²) in [6.45, 7) is 1.91. The first-order valence-corrected chi connectivity index (χ1v) is 5.71. The minimum absolute atomic E-state index is 0.143. The van der Waals surface area contributed by atoms with Crippen LogP contribution in [0.3, 0.4) is 0 Å². The van der Waals surface area contributed by atoms with Gasteiger partial charge in [-0.15, -0.1) is 5.10 Å². The third kappa shape index (κ3) is 1.87. The van der Waals surface area contributed by atoms with Crippen LogP contribution in [0.4, 0.5) is 0 Å². The van der Waals surface area contributed by atoms with Crippen molar-refractivity contribution in [2.24, 2.45) is 0 Å². The zero-order chi connectivity index (χ0) is 11.5. The number of hydrogen-bond acceptors (Lipinski definition) is 4. The van der Waals surface area contributed by atoms with E-state index >= 15 is 0 Å². The van der Waals surface area contributed by atoms with Crippen LogP contribution >= 0.6 is 0 Å². The van der Waals surface area contributed by atoms with Crippen LogP contribution in [0.5, 0.6) is 0 Å². The molecule has 1 aliphatic carbocycles. The van der Waals surface area contributed by atoms with Gasteiger partial charge in [-0.1, -0.05) is 18.1 Å². The summed E-state index contributed by atoms with van der Waals surface area (Å²) in [5, 5.41) is 8.01. The van der Waals surface area contributed by atoms with E-state index in [1.54, 1.807) is 7.11 Å². The zero-order valence-corrected chi connectivity index (χ0v) is 9.72. The summed E-state index contributed by atoms with van der Waals surface area (Å²) < 4.78 is 7.16. The molecule has 88 valence electrons. The number of carbonyl (C=O) groups is 1. The second-order valence-electron chi connectivity index (χ2n) is 4.24. The molecule has 0 saturated heterocycles. The summed E-state index contributed by atoms with van der Waals surface area (Å²) in [7, 11) is 1.63. The van der Waals surface area contributed by atoms with Gasteiger partial charge in [-0.05, 0) is 19.8 Å². The molecule has 5 heteroatoms. The Kier molecular flexibility index (Phi) is 3.33. The van der Waals surface area contributed by atoms with Crippen molar-refractivity contribution < 1.29 is 9.53 Å². The van der Waals surface area contributed by atoms with Crippen LogP contribution in [0.25, 0.3) is 0 Å². The predicted molar refractivity (Wildman–Crippen MR) is 58.3 cm³/mol. The first-order chi connectivity index (χ1) is 7.77. The average Bonchev–Trinajstić information content (AvgIpc) is 2.95. The van der Waals surface area contributed by atoms with E-state index in [1.807, 2.05) is 11.6 Å². The van der Waals surface area contributed by atoms with Gasteiger partial charge in [0, 0.05) is 7.11 Å². The van der Waals surface area contributed by atoms with Gasteiger partial charge in [0.25, 0.3) is 0 Å². The summed E-state index contributed by atoms with van der Waals surface area (Å²) in [6.07, 6.45) is 5.29. The van der Waals surface area contributed by atoms with Crippen LogP contribution in [-0.4, -0.2) is 28.4 Å². The van der Waals surface area contributed by atoms with E-state index < -0.39 is 0 Å². The molecule has 0 aromatic carbocycles. The van der Waals surface area contributed by atoms with Crippen molar-refractivity contribution >= 4 is 6.29 Å². The molecule has 0 bridgehead atoms. The standard InChI is InChI=1S/C11H17N3O2/c1-8(16-2)11-10(7-15)12-13-14(11)9-5-3-4-6-9/h7-9H,3-6H2,1-2H3. The molecule has 1 aromatic heterocycles. The third-order valence-electron chi connectivity index (χ3n) is 3.28. The molecule has 0 N–H and O–H groups in total. The van der Waals surface area contributed by atoms with Crippen molar-refractivity contribution in [2.75, 3.05) is 7.11 Å². The monoisotopic (exact) mass is 223 g/mol. The molecular formula is C11H17N3O2. The number of nitrogens with zero attached hydrogens (tertiary/aromatic N) is 3. The van der Waals surface area contributed by atoms with E-state index in [4.69, 9.17) is 4.74 Å². The summed E-state index contributed by atoms with van der Waals surface area (Å²) in [6, 6.07) is 0.383. The number of rotatable bonds is 4. The van der Waals surface area contributed by atoms with Crippen LogP contribution < -0.4 is 0 Å². The number of aromatic nitrogens is 3. The van der Waals surface area contributed by atoms with Crippen LogP contribution in [0.2, 0.25) is 0 Å². The van der Waals surface area contributed by atoms with E-state index in [1.165, 1.54) is 12.8 Å². The molecule has 0 aliphatic heterocycles. The summed E-state index contributed by atoms with van der Waals surface area (Å²) >= 11 is 0. The molecule has 0 spiro atoms. The van der Waals surface area contributed by atoms with E-state index in [2.05, 4.69) is 10.3 Å². The van der Waals surface area contributed by atoms with Gasteiger partial charge in [0.1, 0.15) is 0 Å². The van der Waals surface area contributed by atoms with E-state index in [9.17, 15) is 4.79 Å². The molecular weight excluding hydrogens is 206 g/mol. The largest absolute Gasteiger partial charge is 0.375 e. The smallest absolute Gasteiger partial charge is 0.172 e. The summed E-state index contributed by atoms with van der Waals surface area (Å²) in [4.78, 5) is 10.9. The minimum atomic E-state index is -0.143. The lowest BCUT2D eigenvalue weighted by molar-refractivity contribution is 0.104. The Bertz CT molecular complexity index is 369. The van der Waals surface area contributed by atoms with Crippen LogP contribution in [0.15, 0.2) is 0 Å². The molecule has 1 unspecified atom stereocenters. The highest BCUT2D eigenvalue weighted by atomic mass is 16.5. The highest BCUT2D eigenvalue weighted by Crippen LogP contribution is 2.32. The number of carbonyl (C=O) groups excluding carboxylic acids is 1. The number of hydrogen-bond donors (Lipinski definition) is 0. The lowest BCUT2D eigenvalue weighted by atomic mass is 10.2. The van der Waals surface area contributed by atoms with Crippen LogP contribution in [0, 0.1) is 0 Å². The maximum atomic E-state index is 10.9. The maximum absolute atomic E-state index is 10.9. The molecule has 1 atom stereocenters. The van der Waals surface area contributed by atoms with Gasteiger partial charge in [-0.3, -0.25) is 4.79 Å². The molecule has 0 amide bonds. The van der Waals surface area contributed by atoms with Gasteiger partial charge >= 0.3 is 0 Å². The number of ether oxygens (including phenoxy) is 1. The Morgan fingerprint density at radius 2 is 2.19 bits per heavy atom. The van der Waals surface area contributed by atoms with Crippen LogP contribution in [-0.2, 0) is 4.74 Å². The van der Waals surface area contributed by atoms with Crippen molar-refractivity contribution in [2.45, 2.75) is 44.8 Å². The Labute approximate surface area is 94.8 Å². The SMILES string of the molecule is COC(C)c1c(C=O)nnn1C1CCCC1. The van der Waals surface area contributed by atoms with Crippen LogP contribution in [0.1, 0.15) is 60.9 Å². The lowest BCUT2D eigenvalue weighted by Crippen LogP contribution is -2.14. The van der Waals surface area contributed by atoms with Gasteiger partial charge < -0.3 is 4.74 Å². The molecule has 0 radical (unpaired) electrons. The van der Waals surface area contributed by atoms with Crippen molar-refractivity contribution in [3.05, 3.63) is 11.4 Å². The molecule has 16 heavy (non-hydrogen) atoms. The molecule has 1 aromatic rings. The fourth-order valence-electron chi connectivity index (χ4n) is 2.32. The summed E-state index contributed by atoms with van der Waals surface area (Å²) in [5.41, 5.74) is 1.21. The fourth-order valence-corrected chi connectivity index (χ4v) is 2.32. The molecule has 5 nitrogen and oxygen atoms in total. The first kappa shape index (κ1) is 11.3. The van der Waals surface area contributed by atoms with Gasteiger partial charge in [-0.2, -0.15) is 0 Å². The van der Waals surface area contributed by atoms with E-state index in [0.29, 0.717) is 11.7 Å². The quantitative estimate of drug-likeness (QED) is 0.732. The Balaban J connectivity index is 2.36. The maximum Gasteiger partial charge on any atom is 0.172 e. The zero-order valence-electron chi connectivity index (χ0n) is 9.72. The Hall–Kier alpha value is -1.23. The van der Waals surface area contributed by atoms with Gasteiger partial charge in [-0.25, -0.2) is 4.68 Å². The van der Waals surface area contributed by atoms with E-state index in [0.717, 1.165) is 24.8 Å². The van der Waals surface area contributed by atoms with Gasteiger partial charge in [0.15, 0.2) is 12.0 Å². The highest BCUT2D eigenvalue weighted by molar-refractivity contribution is 5.73. The average molecular weight is 223 g/mol.